The number of aryl methyl sites for hydroxylation is 1. The zero-order chi connectivity index (χ0) is 14.5. The third-order valence-electron chi connectivity index (χ3n) is 3.78. The molecule has 1 rings (SSSR count). The zero-order valence-corrected chi connectivity index (χ0v) is 13.6. The van der Waals surface area contributed by atoms with E-state index in [2.05, 4.69) is 71.1 Å². The minimum atomic E-state index is 0.192. The Morgan fingerprint density at radius 2 is 1.89 bits per heavy atom. The fraction of sp³-hybridized carbons (Fsp3) is 0.667. The van der Waals surface area contributed by atoms with Crippen LogP contribution in [0.4, 0.5) is 0 Å². The van der Waals surface area contributed by atoms with Crippen molar-refractivity contribution in [1.29, 1.82) is 0 Å². The van der Waals surface area contributed by atoms with Crippen LogP contribution in [-0.4, -0.2) is 12.1 Å². The SMILES string of the molecule is CCC(C)CC(CNC(C)(C)C)c1cccc(C)c1. The number of rotatable bonds is 6. The molecular formula is C18H31N. The van der Waals surface area contributed by atoms with Gasteiger partial charge in [0.1, 0.15) is 0 Å². The van der Waals surface area contributed by atoms with Crippen LogP contribution in [0.5, 0.6) is 0 Å². The molecule has 19 heavy (non-hydrogen) atoms. The Bertz CT molecular complexity index is 376. The molecule has 2 atom stereocenters. The monoisotopic (exact) mass is 261 g/mol. The van der Waals surface area contributed by atoms with Gasteiger partial charge in [-0.3, -0.25) is 0 Å². The fourth-order valence-electron chi connectivity index (χ4n) is 2.34. The Morgan fingerprint density at radius 3 is 2.42 bits per heavy atom. The highest BCUT2D eigenvalue weighted by atomic mass is 14.9. The number of nitrogens with one attached hydrogen (secondary N) is 1. The second kappa shape index (κ2) is 7.09. The van der Waals surface area contributed by atoms with E-state index in [0.29, 0.717) is 5.92 Å². The maximum Gasteiger partial charge on any atom is 0.00967 e. The van der Waals surface area contributed by atoms with E-state index >= 15 is 0 Å². The van der Waals surface area contributed by atoms with Crippen LogP contribution in [0.1, 0.15) is 64.5 Å². The largest absolute Gasteiger partial charge is 0.311 e. The van der Waals surface area contributed by atoms with Crippen LogP contribution in [-0.2, 0) is 0 Å². The Kier molecular flexibility index (Phi) is 6.06. The first-order valence-corrected chi connectivity index (χ1v) is 7.63. The Balaban J connectivity index is 2.79. The molecule has 0 aliphatic heterocycles. The van der Waals surface area contributed by atoms with Crippen LogP contribution in [0, 0.1) is 12.8 Å². The van der Waals surface area contributed by atoms with Gasteiger partial charge in [-0.2, -0.15) is 0 Å². The number of hydrogen-bond donors (Lipinski definition) is 1. The number of benzene rings is 1. The van der Waals surface area contributed by atoms with E-state index in [9.17, 15) is 0 Å². The molecule has 0 amide bonds. The van der Waals surface area contributed by atoms with Crippen molar-refractivity contribution in [2.45, 2.75) is 65.8 Å². The number of hydrogen-bond acceptors (Lipinski definition) is 1. The molecule has 0 spiro atoms. The highest BCUT2D eigenvalue weighted by Gasteiger charge is 2.18. The smallest absolute Gasteiger partial charge is 0.00967 e. The highest BCUT2D eigenvalue weighted by Crippen LogP contribution is 2.26. The van der Waals surface area contributed by atoms with E-state index in [1.807, 2.05) is 0 Å². The van der Waals surface area contributed by atoms with Gasteiger partial charge in [-0.1, -0.05) is 50.1 Å². The van der Waals surface area contributed by atoms with Crippen LogP contribution < -0.4 is 5.32 Å². The molecule has 1 aromatic rings. The van der Waals surface area contributed by atoms with Crippen molar-refractivity contribution >= 4 is 0 Å². The van der Waals surface area contributed by atoms with Gasteiger partial charge in [0.25, 0.3) is 0 Å². The van der Waals surface area contributed by atoms with Crippen molar-refractivity contribution in [1.82, 2.24) is 5.32 Å². The van der Waals surface area contributed by atoms with Gasteiger partial charge in [0.2, 0.25) is 0 Å². The Hall–Kier alpha value is -0.820. The first kappa shape index (κ1) is 16.2. The summed E-state index contributed by atoms with van der Waals surface area (Å²) in [5.74, 6) is 1.40. The van der Waals surface area contributed by atoms with Gasteiger partial charge in [-0.15, -0.1) is 0 Å². The van der Waals surface area contributed by atoms with Crippen LogP contribution in [0.3, 0.4) is 0 Å². The second-order valence-corrected chi connectivity index (χ2v) is 6.99. The van der Waals surface area contributed by atoms with E-state index < -0.39 is 0 Å². The van der Waals surface area contributed by atoms with E-state index in [-0.39, 0.29) is 5.54 Å². The minimum Gasteiger partial charge on any atom is -0.311 e. The molecule has 0 aliphatic carbocycles. The average Bonchev–Trinajstić information content (AvgIpc) is 2.33. The van der Waals surface area contributed by atoms with Crippen LogP contribution in [0.15, 0.2) is 24.3 Å². The van der Waals surface area contributed by atoms with Gasteiger partial charge in [0, 0.05) is 12.1 Å². The van der Waals surface area contributed by atoms with Crippen LogP contribution in [0.2, 0.25) is 0 Å². The summed E-state index contributed by atoms with van der Waals surface area (Å²) in [5, 5.41) is 3.67. The lowest BCUT2D eigenvalue weighted by Gasteiger charge is -2.27. The van der Waals surface area contributed by atoms with Crippen molar-refractivity contribution < 1.29 is 0 Å². The van der Waals surface area contributed by atoms with Crippen molar-refractivity contribution in [3.05, 3.63) is 35.4 Å². The third kappa shape index (κ3) is 6.24. The Labute approximate surface area is 119 Å². The zero-order valence-electron chi connectivity index (χ0n) is 13.6. The summed E-state index contributed by atoms with van der Waals surface area (Å²) in [6.07, 6.45) is 2.53. The molecule has 108 valence electrons. The lowest BCUT2D eigenvalue weighted by molar-refractivity contribution is 0.371. The van der Waals surface area contributed by atoms with Gasteiger partial charge in [-0.05, 0) is 51.5 Å². The molecule has 1 aromatic carbocycles. The van der Waals surface area contributed by atoms with E-state index in [0.717, 1.165) is 12.5 Å². The molecule has 0 aliphatic rings. The second-order valence-electron chi connectivity index (χ2n) is 6.99. The summed E-state index contributed by atoms with van der Waals surface area (Å²) in [7, 11) is 0. The summed E-state index contributed by atoms with van der Waals surface area (Å²) < 4.78 is 0. The molecule has 1 heteroatoms. The molecule has 0 saturated heterocycles. The van der Waals surface area contributed by atoms with E-state index in [4.69, 9.17) is 0 Å². The summed E-state index contributed by atoms with van der Waals surface area (Å²) in [5.41, 5.74) is 3.04. The summed E-state index contributed by atoms with van der Waals surface area (Å²) in [4.78, 5) is 0. The average molecular weight is 261 g/mol. The standard InChI is InChI=1S/C18H31N/c1-7-14(2)11-17(13-19-18(4,5)6)16-10-8-9-15(3)12-16/h8-10,12,14,17,19H,7,11,13H2,1-6H3. The first-order chi connectivity index (χ1) is 8.81. The quantitative estimate of drug-likeness (QED) is 0.767. The molecule has 0 saturated carbocycles. The molecule has 0 aromatic heterocycles. The Morgan fingerprint density at radius 1 is 1.21 bits per heavy atom. The van der Waals surface area contributed by atoms with Crippen LogP contribution >= 0.6 is 0 Å². The van der Waals surface area contributed by atoms with Crippen molar-refractivity contribution in [3.8, 4) is 0 Å². The fourth-order valence-corrected chi connectivity index (χ4v) is 2.34. The minimum absolute atomic E-state index is 0.192. The van der Waals surface area contributed by atoms with Gasteiger partial charge in [-0.25, -0.2) is 0 Å². The molecule has 1 N–H and O–H groups in total. The van der Waals surface area contributed by atoms with Crippen molar-refractivity contribution in [2.24, 2.45) is 5.92 Å². The van der Waals surface area contributed by atoms with Gasteiger partial charge < -0.3 is 5.32 Å². The first-order valence-electron chi connectivity index (χ1n) is 7.63. The molecular weight excluding hydrogens is 230 g/mol. The van der Waals surface area contributed by atoms with E-state index in [1.165, 1.54) is 24.0 Å². The van der Waals surface area contributed by atoms with E-state index in [1.54, 1.807) is 0 Å². The van der Waals surface area contributed by atoms with Gasteiger partial charge in [0.05, 0.1) is 0 Å². The van der Waals surface area contributed by atoms with Gasteiger partial charge >= 0.3 is 0 Å². The predicted molar refractivity (Wildman–Crippen MR) is 85.7 cm³/mol. The van der Waals surface area contributed by atoms with Gasteiger partial charge in [0.15, 0.2) is 0 Å². The molecule has 0 bridgehead atoms. The topological polar surface area (TPSA) is 12.0 Å². The summed E-state index contributed by atoms with van der Waals surface area (Å²) in [6, 6.07) is 8.99. The van der Waals surface area contributed by atoms with Crippen molar-refractivity contribution in [3.63, 3.8) is 0 Å². The normalized spacial score (nSPS) is 15.3. The lowest BCUT2D eigenvalue weighted by atomic mass is 9.87. The lowest BCUT2D eigenvalue weighted by Crippen LogP contribution is -2.38. The summed E-state index contributed by atoms with van der Waals surface area (Å²) >= 11 is 0. The van der Waals surface area contributed by atoms with Crippen molar-refractivity contribution in [2.75, 3.05) is 6.54 Å². The third-order valence-corrected chi connectivity index (χ3v) is 3.78. The maximum atomic E-state index is 3.67. The predicted octanol–water partition coefficient (Wildman–Crippen LogP) is 4.90. The van der Waals surface area contributed by atoms with Crippen LogP contribution in [0.25, 0.3) is 0 Å². The molecule has 0 heterocycles. The molecule has 1 nitrogen and oxygen atoms in total. The molecule has 0 fully saturated rings. The maximum absolute atomic E-state index is 3.67. The molecule has 0 radical (unpaired) electrons. The highest BCUT2D eigenvalue weighted by molar-refractivity contribution is 5.26. The summed E-state index contributed by atoms with van der Waals surface area (Å²) in [6.45, 7) is 14.6. The molecule has 2 unspecified atom stereocenters.